The molecule has 0 aliphatic heterocycles. The standard InChI is InChI=1S/C16H23N5O3/c1-10(2)18-14(22)7-8-17-15(23)19-11-5-6-12-13(9-11)21(4)16(24)20(12)3/h5-6,9-10H,7-8H2,1-4H3,(H,18,22)(H2,17,19,23). The minimum Gasteiger partial charge on any atom is -0.354 e. The number of carbonyl (C=O) groups is 2. The fraction of sp³-hybridized carbons (Fsp3) is 0.438. The van der Waals surface area contributed by atoms with Gasteiger partial charge in [-0.05, 0) is 32.0 Å². The van der Waals surface area contributed by atoms with Crippen LogP contribution in [0.25, 0.3) is 11.0 Å². The van der Waals surface area contributed by atoms with Gasteiger partial charge in [0.2, 0.25) is 5.91 Å². The first kappa shape index (κ1) is 17.6. The van der Waals surface area contributed by atoms with Gasteiger partial charge in [0.05, 0.1) is 11.0 Å². The van der Waals surface area contributed by atoms with Crippen LogP contribution in [0.5, 0.6) is 0 Å². The molecular weight excluding hydrogens is 310 g/mol. The molecule has 0 aliphatic rings. The zero-order chi connectivity index (χ0) is 17.9. The first-order chi connectivity index (χ1) is 11.3. The second-order valence-corrected chi connectivity index (χ2v) is 5.96. The van der Waals surface area contributed by atoms with E-state index in [-0.39, 0.29) is 30.6 Å². The quantitative estimate of drug-likeness (QED) is 0.759. The van der Waals surface area contributed by atoms with Gasteiger partial charge in [-0.2, -0.15) is 0 Å². The highest BCUT2D eigenvalue weighted by Gasteiger charge is 2.10. The molecular formula is C16H23N5O3. The Labute approximate surface area is 139 Å². The smallest absolute Gasteiger partial charge is 0.328 e. The Morgan fingerprint density at radius 1 is 1.12 bits per heavy atom. The molecule has 8 heteroatoms. The van der Waals surface area contributed by atoms with Crippen LogP contribution in [0.2, 0.25) is 0 Å². The van der Waals surface area contributed by atoms with Crippen molar-refractivity contribution in [2.45, 2.75) is 26.3 Å². The summed E-state index contributed by atoms with van der Waals surface area (Å²) in [5.74, 6) is -0.106. The summed E-state index contributed by atoms with van der Waals surface area (Å²) in [7, 11) is 3.38. The third kappa shape index (κ3) is 3.95. The van der Waals surface area contributed by atoms with Crippen LogP contribution in [0.4, 0.5) is 10.5 Å². The van der Waals surface area contributed by atoms with Crippen LogP contribution in [0, 0.1) is 0 Å². The van der Waals surface area contributed by atoms with Gasteiger partial charge in [0.25, 0.3) is 0 Å². The summed E-state index contributed by atoms with van der Waals surface area (Å²) in [5, 5.41) is 8.08. The number of aryl methyl sites for hydroxylation is 2. The normalized spacial score (nSPS) is 10.9. The third-order valence-electron chi connectivity index (χ3n) is 3.62. The number of anilines is 1. The number of imidazole rings is 1. The highest BCUT2D eigenvalue weighted by molar-refractivity contribution is 5.92. The Hall–Kier alpha value is -2.77. The number of benzene rings is 1. The number of nitrogens with zero attached hydrogens (tertiary/aromatic N) is 2. The lowest BCUT2D eigenvalue weighted by Crippen LogP contribution is -2.35. The molecule has 0 saturated heterocycles. The molecule has 0 atom stereocenters. The molecule has 24 heavy (non-hydrogen) atoms. The van der Waals surface area contributed by atoms with Crippen LogP contribution in [0.15, 0.2) is 23.0 Å². The average Bonchev–Trinajstić information content (AvgIpc) is 2.71. The van der Waals surface area contributed by atoms with Crippen LogP contribution >= 0.6 is 0 Å². The van der Waals surface area contributed by atoms with Crippen molar-refractivity contribution in [3.05, 3.63) is 28.7 Å². The van der Waals surface area contributed by atoms with Crippen molar-refractivity contribution in [2.24, 2.45) is 14.1 Å². The van der Waals surface area contributed by atoms with E-state index in [1.54, 1.807) is 36.9 Å². The summed E-state index contributed by atoms with van der Waals surface area (Å²) in [6.07, 6.45) is 0.220. The van der Waals surface area contributed by atoms with E-state index in [0.29, 0.717) is 5.69 Å². The highest BCUT2D eigenvalue weighted by Crippen LogP contribution is 2.17. The van der Waals surface area contributed by atoms with Gasteiger partial charge in [-0.3, -0.25) is 13.9 Å². The number of hydrogen-bond acceptors (Lipinski definition) is 3. The summed E-state index contributed by atoms with van der Waals surface area (Å²) in [5.41, 5.74) is 1.98. The maximum atomic E-state index is 11.9. The predicted molar refractivity (Wildman–Crippen MR) is 93.1 cm³/mol. The monoisotopic (exact) mass is 333 g/mol. The third-order valence-corrected chi connectivity index (χ3v) is 3.62. The minimum atomic E-state index is -0.396. The van der Waals surface area contributed by atoms with Gasteiger partial charge < -0.3 is 16.0 Å². The molecule has 1 aromatic carbocycles. The fourth-order valence-electron chi connectivity index (χ4n) is 2.44. The molecule has 1 heterocycles. The molecule has 2 aromatic rings. The van der Waals surface area contributed by atoms with Crippen LogP contribution in [0.1, 0.15) is 20.3 Å². The molecule has 2 rings (SSSR count). The second-order valence-electron chi connectivity index (χ2n) is 5.96. The Morgan fingerprint density at radius 3 is 2.46 bits per heavy atom. The van der Waals surface area contributed by atoms with Gasteiger partial charge in [-0.25, -0.2) is 9.59 Å². The largest absolute Gasteiger partial charge is 0.354 e. The Kier molecular flexibility index (Phi) is 5.28. The number of urea groups is 1. The summed E-state index contributed by atoms with van der Waals surface area (Å²) >= 11 is 0. The van der Waals surface area contributed by atoms with E-state index in [1.807, 2.05) is 13.8 Å². The van der Waals surface area contributed by atoms with Gasteiger partial charge in [0, 0.05) is 38.8 Å². The molecule has 1 aromatic heterocycles. The lowest BCUT2D eigenvalue weighted by molar-refractivity contribution is -0.121. The van der Waals surface area contributed by atoms with E-state index in [4.69, 9.17) is 0 Å². The van der Waals surface area contributed by atoms with E-state index < -0.39 is 6.03 Å². The first-order valence-electron chi connectivity index (χ1n) is 7.79. The number of hydrogen-bond donors (Lipinski definition) is 3. The summed E-state index contributed by atoms with van der Waals surface area (Å²) < 4.78 is 3.07. The van der Waals surface area contributed by atoms with Gasteiger partial charge in [-0.15, -0.1) is 0 Å². The van der Waals surface area contributed by atoms with Crippen LogP contribution in [0.3, 0.4) is 0 Å². The van der Waals surface area contributed by atoms with Crippen molar-refractivity contribution < 1.29 is 9.59 Å². The number of rotatable bonds is 5. The average molecular weight is 333 g/mol. The molecule has 130 valence electrons. The van der Waals surface area contributed by atoms with E-state index >= 15 is 0 Å². The van der Waals surface area contributed by atoms with E-state index in [2.05, 4.69) is 16.0 Å². The van der Waals surface area contributed by atoms with Crippen LogP contribution < -0.4 is 21.6 Å². The van der Waals surface area contributed by atoms with Crippen molar-refractivity contribution in [2.75, 3.05) is 11.9 Å². The fourth-order valence-corrected chi connectivity index (χ4v) is 2.44. The topological polar surface area (TPSA) is 97.2 Å². The maximum absolute atomic E-state index is 11.9. The second kappa shape index (κ2) is 7.20. The lowest BCUT2D eigenvalue weighted by Gasteiger charge is -2.10. The van der Waals surface area contributed by atoms with Crippen molar-refractivity contribution >= 4 is 28.7 Å². The molecule has 0 aliphatic carbocycles. The van der Waals surface area contributed by atoms with Gasteiger partial charge in [-0.1, -0.05) is 0 Å². The Balaban J connectivity index is 1.95. The van der Waals surface area contributed by atoms with Crippen molar-refractivity contribution in [1.82, 2.24) is 19.8 Å². The predicted octanol–water partition coefficient (Wildman–Crippen LogP) is 0.913. The molecule has 3 N–H and O–H groups in total. The molecule has 8 nitrogen and oxygen atoms in total. The van der Waals surface area contributed by atoms with Gasteiger partial charge in [0.15, 0.2) is 0 Å². The molecule has 0 saturated carbocycles. The van der Waals surface area contributed by atoms with Crippen molar-refractivity contribution in [1.29, 1.82) is 0 Å². The number of nitrogens with one attached hydrogen (secondary N) is 3. The molecule has 3 amide bonds. The number of aromatic nitrogens is 2. The van der Waals surface area contributed by atoms with Gasteiger partial charge >= 0.3 is 11.7 Å². The Bertz CT molecular complexity index is 819. The van der Waals surface area contributed by atoms with E-state index in [0.717, 1.165) is 11.0 Å². The SMILES string of the molecule is CC(C)NC(=O)CCNC(=O)Nc1ccc2c(c1)n(C)c(=O)n2C. The van der Waals surface area contributed by atoms with E-state index in [1.165, 1.54) is 4.57 Å². The highest BCUT2D eigenvalue weighted by atomic mass is 16.2. The zero-order valence-electron chi connectivity index (χ0n) is 14.3. The molecule has 0 radical (unpaired) electrons. The first-order valence-corrected chi connectivity index (χ1v) is 7.79. The summed E-state index contributed by atoms with van der Waals surface area (Å²) in [4.78, 5) is 35.3. The van der Waals surface area contributed by atoms with Crippen LogP contribution in [-0.4, -0.2) is 33.7 Å². The molecule has 0 fully saturated rings. The molecule has 0 bridgehead atoms. The van der Waals surface area contributed by atoms with Crippen LogP contribution in [-0.2, 0) is 18.9 Å². The number of fused-ring (bicyclic) bond motifs is 1. The molecule has 0 spiro atoms. The zero-order valence-corrected chi connectivity index (χ0v) is 14.3. The van der Waals surface area contributed by atoms with Gasteiger partial charge in [0.1, 0.15) is 0 Å². The summed E-state index contributed by atoms with van der Waals surface area (Å²) in [6, 6.07) is 4.93. The van der Waals surface area contributed by atoms with E-state index in [9.17, 15) is 14.4 Å². The maximum Gasteiger partial charge on any atom is 0.328 e. The summed E-state index contributed by atoms with van der Waals surface area (Å²) in [6.45, 7) is 4.01. The van der Waals surface area contributed by atoms with Crippen molar-refractivity contribution in [3.63, 3.8) is 0 Å². The minimum absolute atomic E-state index is 0.0792. The molecule has 0 unspecified atom stereocenters. The Morgan fingerprint density at radius 2 is 1.79 bits per heavy atom. The number of amides is 3. The number of carbonyl (C=O) groups excluding carboxylic acids is 2. The lowest BCUT2D eigenvalue weighted by atomic mass is 10.2. The van der Waals surface area contributed by atoms with Crippen molar-refractivity contribution in [3.8, 4) is 0 Å².